The summed E-state index contributed by atoms with van der Waals surface area (Å²) in [6.07, 6.45) is 0.689. The highest BCUT2D eigenvalue weighted by Gasteiger charge is 2.11. The first kappa shape index (κ1) is 17.0. The minimum Gasteiger partial charge on any atom is -0.493 e. The third-order valence-electron chi connectivity index (χ3n) is 3.31. The Morgan fingerprint density at radius 3 is 2.48 bits per heavy atom. The van der Waals surface area contributed by atoms with Crippen LogP contribution < -0.4 is 10.1 Å². The Labute approximate surface area is 125 Å². The first-order valence-corrected chi connectivity index (χ1v) is 7.10. The summed E-state index contributed by atoms with van der Waals surface area (Å²) in [7, 11) is 0. The number of amides is 1. The molecule has 21 heavy (non-hydrogen) atoms. The molecule has 1 unspecified atom stereocenters. The zero-order valence-corrected chi connectivity index (χ0v) is 12.8. The molecule has 0 aliphatic heterocycles. The van der Waals surface area contributed by atoms with Gasteiger partial charge in [-0.15, -0.1) is 0 Å². The number of hydrogen-bond donors (Lipinski definition) is 2. The third-order valence-corrected chi connectivity index (χ3v) is 3.31. The topological polar surface area (TPSA) is 75.6 Å². The summed E-state index contributed by atoms with van der Waals surface area (Å²) in [5.74, 6) is -0.595. The summed E-state index contributed by atoms with van der Waals surface area (Å²) in [4.78, 5) is 22.3. The second kappa shape index (κ2) is 8.29. The number of aliphatic carboxylic acids is 1. The zero-order valence-electron chi connectivity index (χ0n) is 12.8. The summed E-state index contributed by atoms with van der Waals surface area (Å²) in [6.45, 7) is 6.24. The molecule has 1 rings (SSSR count). The van der Waals surface area contributed by atoms with E-state index in [-0.39, 0.29) is 12.3 Å². The molecule has 1 amide bonds. The van der Waals surface area contributed by atoms with Crippen LogP contribution in [-0.2, 0) is 9.59 Å². The number of carboxylic acids is 1. The number of para-hydroxylation sites is 1. The van der Waals surface area contributed by atoms with Gasteiger partial charge in [0.25, 0.3) is 0 Å². The summed E-state index contributed by atoms with van der Waals surface area (Å²) in [5.41, 5.74) is 2.09. The Morgan fingerprint density at radius 1 is 1.29 bits per heavy atom. The van der Waals surface area contributed by atoms with Crippen LogP contribution in [0.25, 0.3) is 0 Å². The fourth-order valence-corrected chi connectivity index (χ4v) is 1.91. The largest absolute Gasteiger partial charge is 0.493 e. The van der Waals surface area contributed by atoms with Crippen molar-refractivity contribution in [2.75, 3.05) is 13.2 Å². The van der Waals surface area contributed by atoms with Gasteiger partial charge in [-0.3, -0.25) is 9.59 Å². The average molecular weight is 293 g/mol. The van der Waals surface area contributed by atoms with E-state index in [9.17, 15) is 9.59 Å². The van der Waals surface area contributed by atoms with E-state index in [0.29, 0.717) is 19.6 Å². The van der Waals surface area contributed by atoms with Gasteiger partial charge in [0.2, 0.25) is 5.91 Å². The molecule has 0 fully saturated rings. The fraction of sp³-hybridized carbons (Fsp3) is 0.500. The first-order chi connectivity index (χ1) is 9.91. The normalized spacial score (nSPS) is 11.8. The Morgan fingerprint density at radius 2 is 1.90 bits per heavy atom. The minimum absolute atomic E-state index is 0.126. The molecule has 0 aliphatic carbocycles. The van der Waals surface area contributed by atoms with Crippen molar-refractivity contribution in [3.63, 3.8) is 0 Å². The van der Waals surface area contributed by atoms with Crippen molar-refractivity contribution in [2.24, 2.45) is 5.92 Å². The zero-order chi connectivity index (χ0) is 15.8. The quantitative estimate of drug-likeness (QED) is 0.771. The van der Waals surface area contributed by atoms with Crippen molar-refractivity contribution in [3.05, 3.63) is 29.3 Å². The predicted octanol–water partition coefficient (Wildman–Crippen LogP) is 2.30. The van der Waals surface area contributed by atoms with Crippen LogP contribution in [-0.4, -0.2) is 30.1 Å². The highest BCUT2D eigenvalue weighted by molar-refractivity contribution is 5.76. The number of carbonyl (C=O) groups is 2. The first-order valence-electron chi connectivity index (χ1n) is 7.10. The molecule has 0 aromatic heterocycles. The van der Waals surface area contributed by atoms with Crippen LogP contribution in [0.3, 0.4) is 0 Å². The summed E-state index contributed by atoms with van der Waals surface area (Å²) in [6, 6.07) is 5.90. The molecule has 0 aliphatic rings. The Bertz CT molecular complexity index is 479. The molecular formula is C16H23NO4. The molecule has 0 bridgehead atoms. The maximum Gasteiger partial charge on any atom is 0.306 e. The SMILES string of the molecule is Cc1cccc(C)c1OCCC(=O)NCCC(C)C(=O)O. The Hall–Kier alpha value is -2.04. The number of rotatable bonds is 8. The lowest BCUT2D eigenvalue weighted by Gasteiger charge is -2.12. The molecule has 1 aromatic rings. The summed E-state index contributed by atoms with van der Waals surface area (Å²) < 4.78 is 5.65. The number of hydrogen-bond acceptors (Lipinski definition) is 3. The fourth-order valence-electron chi connectivity index (χ4n) is 1.91. The van der Waals surface area contributed by atoms with Gasteiger partial charge in [0.15, 0.2) is 0 Å². The smallest absolute Gasteiger partial charge is 0.306 e. The van der Waals surface area contributed by atoms with Crippen LogP contribution in [0, 0.1) is 19.8 Å². The van der Waals surface area contributed by atoms with E-state index in [1.165, 1.54) is 0 Å². The maximum absolute atomic E-state index is 11.6. The van der Waals surface area contributed by atoms with Crippen LogP contribution >= 0.6 is 0 Å². The van der Waals surface area contributed by atoms with Gasteiger partial charge in [-0.25, -0.2) is 0 Å². The molecular weight excluding hydrogens is 270 g/mol. The number of carboxylic acid groups (broad SMARTS) is 1. The van der Waals surface area contributed by atoms with Gasteiger partial charge in [-0.1, -0.05) is 25.1 Å². The molecule has 0 radical (unpaired) electrons. The van der Waals surface area contributed by atoms with Gasteiger partial charge >= 0.3 is 5.97 Å². The van der Waals surface area contributed by atoms with E-state index in [4.69, 9.17) is 9.84 Å². The van der Waals surface area contributed by atoms with Gasteiger partial charge in [-0.05, 0) is 31.4 Å². The number of carbonyl (C=O) groups excluding carboxylic acids is 1. The van der Waals surface area contributed by atoms with Gasteiger partial charge in [0.1, 0.15) is 5.75 Å². The number of aryl methyl sites for hydroxylation is 2. The van der Waals surface area contributed by atoms with Crippen LogP contribution in [0.4, 0.5) is 0 Å². The average Bonchev–Trinajstić information content (AvgIpc) is 2.41. The number of nitrogens with one attached hydrogen (secondary N) is 1. The molecule has 1 atom stereocenters. The molecule has 0 saturated carbocycles. The number of ether oxygens (including phenoxy) is 1. The number of benzene rings is 1. The second-order valence-corrected chi connectivity index (χ2v) is 5.20. The molecule has 0 spiro atoms. The predicted molar refractivity (Wildman–Crippen MR) is 80.5 cm³/mol. The third kappa shape index (κ3) is 5.85. The monoisotopic (exact) mass is 293 g/mol. The van der Waals surface area contributed by atoms with E-state index in [1.54, 1.807) is 6.92 Å². The van der Waals surface area contributed by atoms with E-state index in [1.807, 2.05) is 32.0 Å². The minimum atomic E-state index is -0.845. The van der Waals surface area contributed by atoms with Gasteiger partial charge in [0.05, 0.1) is 18.9 Å². The molecule has 116 valence electrons. The van der Waals surface area contributed by atoms with Crippen molar-refractivity contribution in [1.82, 2.24) is 5.32 Å². The van der Waals surface area contributed by atoms with Crippen LogP contribution in [0.2, 0.25) is 0 Å². The van der Waals surface area contributed by atoms with Gasteiger partial charge < -0.3 is 15.2 Å². The van der Waals surface area contributed by atoms with E-state index in [0.717, 1.165) is 16.9 Å². The van der Waals surface area contributed by atoms with Gasteiger partial charge in [0, 0.05) is 6.54 Å². The van der Waals surface area contributed by atoms with Crippen LogP contribution in [0.15, 0.2) is 18.2 Å². The lowest BCUT2D eigenvalue weighted by molar-refractivity contribution is -0.141. The van der Waals surface area contributed by atoms with Crippen LogP contribution in [0.1, 0.15) is 30.9 Å². The van der Waals surface area contributed by atoms with E-state index < -0.39 is 11.9 Å². The van der Waals surface area contributed by atoms with E-state index >= 15 is 0 Å². The molecule has 2 N–H and O–H groups in total. The molecule has 5 heteroatoms. The molecule has 1 aromatic carbocycles. The maximum atomic E-state index is 11.6. The van der Waals surface area contributed by atoms with Crippen molar-refractivity contribution in [2.45, 2.75) is 33.6 Å². The van der Waals surface area contributed by atoms with Crippen molar-refractivity contribution in [1.29, 1.82) is 0 Å². The molecule has 0 saturated heterocycles. The van der Waals surface area contributed by atoms with Crippen molar-refractivity contribution >= 4 is 11.9 Å². The van der Waals surface area contributed by atoms with Gasteiger partial charge in [-0.2, -0.15) is 0 Å². The Kier molecular flexibility index (Phi) is 6.72. The molecule has 5 nitrogen and oxygen atoms in total. The molecule has 0 heterocycles. The summed E-state index contributed by atoms with van der Waals surface area (Å²) in [5, 5.41) is 11.4. The highest BCUT2D eigenvalue weighted by Crippen LogP contribution is 2.22. The lowest BCUT2D eigenvalue weighted by atomic mass is 10.1. The highest BCUT2D eigenvalue weighted by atomic mass is 16.5. The lowest BCUT2D eigenvalue weighted by Crippen LogP contribution is -2.28. The summed E-state index contributed by atoms with van der Waals surface area (Å²) >= 11 is 0. The van der Waals surface area contributed by atoms with Crippen LogP contribution in [0.5, 0.6) is 5.75 Å². The van der Waals surface area contributed by atoms with Crippen molar-refractivity contribution < 1.29 is 19.4 Å². The van der Waals surface area contributed by atoms with E-state index in [2.05, 4.69) is 5.32 Å². The Balaban J connectivity index is 2.26. The second-order valence-electron chi connectivity index (χ2n) is 5.20. The van der Waals surface area contributed by atoms with Crippen molar-refractivity contribution in [3.8, 4) is 5.75 Å². The standard InChI is InChI=1S/C16H23NO4/c1-11-5-4-6-12(2)15(11)21-10-8-14(18)17-9-7-13(3)16(19)20/h4-6,13H,7-10H2,1-3H3,(H,17,18)(H,19,20).